The number of anilines is 2. The van der Waals surface area contributed by atoms with Crippen molar-refractivity contribution >= 4 is 34.5 Å². The molecule has 0 aliphatic carbocycles. The molecule has 5 nitrogen and oxygen atoms in total. The van der Waals surface area contributed by atoms with Crippen LogP contribution in [0.25, 0.3) is 0 Å². The zero-order valence-corrected chi connectivity index (χ0v) is 16.2. The molecule has 0 atom stereocenters. The monoisotopic (exact) mass is 387 g/mol. The molecular formula is C20H22FN3O2S. The van der Waals surface area contributed by atoms with Crippen molar-refractivity contribution in [2.45, 2.75) is 6.92 Å². The third kappa shape index (κ3) is 4.54. The van der Waals surface area contributed by atoms with Crippen LogP contribution in [0.15, 0.2) is 42.5 Å². The number of rotatable bonds is 4. The van der Waals surface area contributed by atoms with Crippen LogP contribution >= 0.6 is 12.2 Å². The van der Waals surface area contributed by atoms with Crippen molar-refractivity contribution in [1.82, 2.24) is 4.90 Å². The summed E-state index contributed by atoms with van der Waals surface area (Å²) in [5.74, 6) is 0.285. The molecule has 1 aliphatic heterocycles. The second-order valence-electron chi connectivity index (χ2n) is 6.36. The third-order valence-electron chi connectivity index (χ3n) is 4.60. The number of ether oxygens (including phenoxy) is 1. The summed E-state index contributed by atoms with van der Waals surface area (Å²) in [7, 11) is 1.63. The van der Waals surface area contributed by atoms with Crippen molar-refractivity contribution in [3.63, 3.8) is 0 Å². The number of benzene rings is 2. The van der Waals surface area contributed by atoms with E-state index >= 15 is 0 Å². The minimum atomic E-state index is -0.366. The highest BCUT2D eigenvalue weighted by atomic mass is 32.1. The first kappa shape index (κ1) is 19.1. The SMILES string of the molecule is COc1ccc(NC(=S)N2CCN(c3ccc(C(C)=O)cc3F)CC2)cc1. The molecule has 0 spiro atoms. The Labute approximate surface area is 163 Å². The van der Waals surface area contributed by atoms with Crippen LogP contribution < -0.4 is 15.0 Å². The molecule has 1 saturated heterocycles. The highest BCUT2D eigenvalue weighted by molar-refractivity contribution is 7.80. The number of piperazine rings is 1. The number of hydrogen-bond donors (Lipinski definition) is 1. The average molecular weight is 387 g/mol. The second-order valence-corrected chi connectivity index (χ2v) is 6.74. The molecule has 0 radical (unpaired) electrons. The van der Waals surface area contributed by atoms with E-state index in [-0.39, 0.29) is 11.6 Å². The number of nitrogens with one attached hydrogen (secondary N) is 1. The van der Waals surface area contributed by atoms with E-state index in [4.69, 9.17) is 17.0 Å². The first-order valence-corrected chi connectivity index (χ1v) is 9.14. The lowest BCUT2D eigenvalue weighted by molar-refractivity contribution is 0.101. The van der Waals surface area contributed by atoms with Crippen molar-refractivity contribution in [3.05, 3.63) is 53.8 Å². The van der Waals surface area contributed by atoms with Crippen LogP contribution in [-0.4, -0.2) is 49.1 Å². The van der Waals surface area contributed by atoms with Crippen molar-refractivity contribution in [1.29, 1.82) is 0 Å². The fourth-order valence-electron chi connectivity index (χ4n) is 3.01. The molecule has 3 rings (SSSR count). The first-order chi connectivity index (χ1) is 13.0. The third-order valence-corrected chi connectivity index (χ3v) is 4.96. The van der Waals surface area contributed by atoms with Crippen LogP contribution in [0.1, 0.15) is 17.3 Å². The van der Waals surface area contributed by atoms with Crippen molar-refractivity contribution in [2.24, 2.45) is 0 Å². The van der Waals surface area contributed by atoms with Gasteiger partial charge in [0.1, 0.15) is 11.6 Å². The summed E-state index contributed by atoms with van der Waals surface area (Å²) in [6.45, 7) is 4.12. The molecule has 0 bridgehead atoms. The fourth-order valence-corrected chi connectivity index (χ4v) is 3.31. The maximum absolute atomic E-state index is 14.3. The predicted octanol–water partition coefficient (Wildman–Crippen LogP) is 3.56. The maximum atomic E-state index is 14.3. The molecule has 142 valence electrons. The number of thiocarbonyl (C=S) groups is 1. The molecule has 1 heterocycles. The Morgan fingerprint density at radius 3 is 2.33 bits per heavy atom. The van der Waals surface area contributed by atoms with E-state index in [1.807, 2.05) is 29.2 Å². The van der Waals surface area contributed by atoms with E-state index in [0.717, 1.165) is 11.4 Å². The number of methoxy groups -OCH3 is 1. The minimum absolute atomic E-state index is 0.139. The van der Waals surface area contributed by atoms with Gasteiger partial charge in [0, 0.05) is 37.4 Å². The van der Waals surface area contributed by atoms with Gasteiger partial charge in [-0.3, -0.25) is 4.79 Å². The van der Waals surface area contributed by atoms with E-state index in [0.29, 0.717) is 42.5 Å². The van der Waals surface area contributed by atoms with Crippen molar-refractivity contribution in [3.8, 4) is 5.75 Å². The van der Waals surface area contributed by atoms with Gasteiger partial charge in [0.15, 0.2) is 10.9 Å². The van der Waals surface area contributed by atoms with Crippen LogP contribution in [0.3, 0.4) is 0 Å². The number of hydrogen-bond acceptors (Lipinski definition) is 4. The summed E-state index contributed by atoms with van der Waals surface area (Å²) in [4.78, 5) is 15.4. The Morgan fingerprint density at radius 1 is 1.11 bits per heavy atom. The summed E-state index contributed by atoms with van der Waals surface area (Å²) < 4.78 is 19.5. The molecule has 0 aromatic heterocycles. The van der Waals surface area contributed by atoms with Gasteiger partial charge in [0.2, 0.25) is 0 Å². The van der Waals surface area contributed by atoms with Gasteiger partial charge >= 0.3 is 0 Å². The highest BCUT2D eigenvalue weighted by Crippen LogP contribution is 2.23. The molecule has 0 amide bonds. The van der Waals surface area contributed by atoms with E-state index in [2.05, 4.69) is 10.2 Å². The van der Waals surface area contributed by atoms with E-state index < -0.39 is 0 Å². The molecule has 0 saturated carbocycles. The Hall–Kier alpha value is -2.67. The molecule has 1 fully saturated rings. The fraction of sp³-hybridized carbons (Fsp3) is 0.300. The number of halogens is 1. The first-order valence-electron chi connectivity index (χ1n) is 8.73. The quantitative estimate of drug-likeness (QED) is 0.639. The van der Waals surface area contributed by atoms with E-state index in [9.17, 15) is 9.18 Å². The standard InChI is InChI=1S/C20H22FN3O2S/c1-14(25)15-3-8-19(18(21)13-15)23-9-11-24(12-10-23)20(27)22-16-4-6-17(26-2)7-5-16/h3-8,13H,9-12H2,1-2H3,(H,22,27). The Balaban J connectivity index is 1.58. The minimum Gasteiger partial charge on any atom is -0.497 e. The van der Waals surface area contributed by atoms with E-state index in [1.54, 1.807) is 19.2 Å². The summed E-state index contributed by atoms with van der Waals surface area (Å²) >= 11 is 5.50. The number of nitrogens with zero attached hydrogens (tertiary/aromatic N) is 2. The maximum Gasteiger partial charge on any atom is 0.173 e. The molecule has 27 heavy (non-hydrogen) atoms. The van der Waals surface area contributed by atoms with Crippen LogP contribution in [0, 0.1) is 5.82 Å². The largest absolute Gasteiger partial charge is 0.497 e. The smallest absolute Gasteiger partial charge is 0.173 e. The molecule has 1 aliphatic rings. The number of ketones is 1. The van der Waals surface area contributed by atoms with Gasteiger partial charge in [-0.05, 0) is 61.6 Å². The lowest BCUT2D eigenvalue weighted by Gasteiger charge is -2.37. The molecule has 0 unspecified atom stereocenters. The lowest BCUT2D eigenvalue weighted by atomic mass is 10.1. The van der Waals surface area contributed by atoms with Gasteiger partial charge < -0.3 is 19.9 Å². The normalized spacial score (nSPS) is 14.0. The van der Waals surface area contributed by atoms with E-state index in [1.165, 1.54) is 13.0 Å². The van der Waals surface area contributed by atoms with Gasteiger partial charge in [0.25, 0.3) is 0 Å². The molecule has 2 aromatic carbocycles. The van der Waals surface area contributed by atoms with Crippen molar-refractivity contribution < 1.29 is 13.9 Å². The van der Waals surface area contributed by atoms with Crippen molar-refractivity contribution in [2.75, 3.05) is 43.5 Å². The average Bonchev–Trinajstić information content (AvgIpc) is 2.68. The summed E-state index contributed by atoms with van der Waals surface area (Å²) in [6.07, 6.45) is 0. The van der Waals surface area contributed by atoms with Gasteiger partial charge in [-0.25, -0.2) is 4.39 Å². The Morgan fingerprint density at radius 2 is 1.78 bits per heavy atom. The number of carbonyl (C=O) groups excluding carboxylic acids is 1. The Bertz CT molecular complexity index is 834. The molecule has 2 aromatic rings. The zero-order valence-electron chi connectivity index (χ0n) is 15.4. The summed E-state index contributed by atoms with van der Waals surface area (Å²) in [6, 6.07) is 12.2. The van der Waals surface area contributed by atoms with Crippen LogP contribution in [0.4, 0.5) is 15.8 Å². The zero-order chi connectivity index (χ0) is 19.4. The second kappa shape index (κ2) is 8.35. The van der Waals surface area contributed by atoms with Crippen LogP contribution in [-0.2, 0) is 0 Å². The summed E-state index contributed by atoms with van der Waals surface area (Å²) in [5, 5.41) is 3.87. The predicted molar refractivity (Wildman–Crippen MR) is 109 cm³/mol. The van der Waals surface area contributed by atoms with Gasteiger partial charge in [0.05, 0.1) is 12.8 Å². The van der Waals surface area contributed by atoms with Gasteiger partial charge in [-0.15, -0.1) is 0 Å². The number of Topliss-reactive ketones (excluding diaryl/α,β-unsaturated/α-hetero) is 1. The van der Waals surface area contributed by atoms with Gasteiger partial charge in [-0.1, -0.05) is 0 Å². The molecule has 7 heteroatoms. The topological polar surface area (TPSA) is 44.8 Å². The summed E-state index contributed by atoms with van der Waals surface area (Å²) in [5.41, 5.74) is 1.81. The van der Waals surface area contributed by atoms with Crippen LogP contribution in [0.2, 0.25) is 0 Å². The van der Waals surface area contributed by atoms with Crippen LogP contribution in [0.5, 0.6) is 5.75 Å². The Kier molecular flexibility index (Phi) is 5.91. The van der Waals surface area contributed by atoms with Gasteiger partial charge in [-0.2, -0.15) is 0 Å². The number of carbonyl (C=O) groups is 1. The molecule has 1 N–H and O–H groups in total. The molecular weight excluding hydrogens is 365 g/mol. The highest BCUT2D eigenvalue weighted by Gasteiger charge is 2.21. The lowest BCUT2D eigenvalue weighted by Crippen LogP contribution is -2.50.